The lowest BCUT2D eigenvalue weighted by Crippen LogP contribution is -2.45. The lowest BCUT2D eigenvalue weighted by atomic mass is 9.58. The third-order valence-corrected chi connectivity index (χ3v) is 4.99. The van der Waals surface area contributed by atoms with Crippen LogP contribution in [-0.4, -0.2) is 21.8 Å². The molecule has 0 spiro atoms. The van der Waals surface area contributed by atoms with Gasteiger partial charge in [-0.05, 0) is 49.4 Å². The van der Waals surface area contributed by atoms with Gasteiger partial charge in [-0.1, -0.05) is 44.2 Å². The number of carboxylic acid groups (broad SMARTS) is 1. The maximum atomic E-state index is 10.5. The number of aliphatic hydroxyl groups is 1. The fourth-order valence-electron chi connectivity index (χ4n) is 4.27. The van der Waals surface area contributed by atoms with Crippen LogP contribution >= 0.6 is 0 Å². The molecule has 3 heteroatoms. The van der Waals surface area contributed by atoms with Gasteiger partial charge in [0, 0.05) is 6.08 Å². The van der Waals surface area contributed by atoms with Crippen molar-refractivity contribution in [1.82, 2.24) is 0 Å². The van der Waals surface area contributed by atoms with Gasteiger partial charge in [0.05, 0.1) is 5.60 Å². The molecule has 2 rings (SSSR count). The molecule has 21 heavy (non-hydrogen) atoms. The van der Waals surface area contributed by atoms with Gasteiger partial charge in [-0.15, -0.1) is 0 Å². The molecular weight excluding hydrogens is 264 g/mol. The van der Waals surface area contributed by atoms with Crippen molar-refractivity contribution < 1.29 is 15.0 Å². The van der Waals surface area contributed by atoms with Gasteiger partial charge in [0.25, 0.3) is 0 Å². The Bertz CT molecular complexity index is 473. The zero-order valence-corrected chi connectivity index (χ0v) is 13.1. The Kier molecular flexibility index (Phi) is 4.72. The largest absolute Gasteiger partial charge is 0.478 e. The van der Waals surface area contributed by atoms with Crippen molar-refractivity contribution in [1.29, 1.82) is 0 Å². The predicted molar refractivity (Wildman–Crippen MR) is 83.7 cm³/mol. The van der Waals surface area contributed by atoms with Crippen LogP contribution in [-0.2, 0) is 4.79 Å². The van der Waals surface area contributed by atoms with Gasteiger partial charge in [0.15, 0.2) is 0 Å². The Morgan fingerprint density at radius 2 is 1.95 bits per heavy atom. The first-order valence-corrected chi connectivity index (χ1v) is 7.78. The second kappa shape index (κ2) is 6.18. The van der Waals surface area contributed by atoms with E-state index in [2.05, 4.69) is 32.1 Å². The van der Waals surface area contributed by atoms with Crippen molar-refractivity contribution in [2.45, 2.75) is 39.2 Å². The average Bonchev–Trinajstić information content (AvgIpc) is 2.35. The Morgan fingerprint density at radius 3 is 2.62 bits per heavy atom. The topological polar surface area (TPSA) is 57.5 Å². The highest BCUT2D eigenvalue weighted by atomic mass is 16.4. The van der Waals surface area contributed by atoms with Crippen molar-refractivity contribution in [3.05, 3.63) is 36.5 Å². The molecule has 1 fully saturated rings. The summed E-state index contributed by atoms with van der Waals surface area (Å²) in [5.74, 6) is 1.34. The molecule has 116 valence electrons. The van der Waals surface area contributed by atoms with Crippen molar-refractivity contribution >= 4 is 5.97 Å². The van der Waals surface area contributed by atoms with E-state index in [1.807, 2.05) is 13.0 Å². The molecule has 0 amide bonds. The van der Waals surface area contributed by atoms with Crippen LogP contribution in [0.25, 0.3) is 0 Å². The monoisotopic (exact) mass is 290 g/mol. The van der Waals surface area contributed by atoms with Crippen molar-refractivity contribution in [3.8, 4) is 0 Å². The fraction of sp³-hybridized carbons (Fsp3) is 0.611. The molecule has 6 atom stereocenters. The van der Waals surface area contributed by atoms with Crippen LogP contribution in [0.3, 0.4) is 0 Å². The minimum Gasteiger partial charge on any atom is -0.478 e. The summed E-state index contributed by atoms with van der Waals surface area (Å²) < 4.78 is 0. The maximum absolute atomic E-state index is 10.5. The molecule has 2 aliphatic carbocycles. The molecule has 0 saturated heterocycles. The molecule has 0 aliphatic heterocycles. The zero-order valence-electron chi connectivity index (χ0n) is 13.1. The number of carboxylic acids is 1. The lowest BCUT2D eigenvalue weighted by Gasteiger charge is -2.48. The molecule has 0 aromatic carbocycles. The minimum atomic E-state index is -0.920. The van der Waals surface area contributed by atoms with E-state index in [-0.39, 0.29) is 0 Å². The van der Waals surface area contributed by atoms with Crippen molar-refractivity contribution in [3.63, 3.8) is 0 Å². The number of aliphatic carboxylic acids is 1. The van der Waals surface area contributed by atoms with Crippen molar-refractivity contribution in [2.75, 3.05) is 0 Å². The maximum Gasteiger partial charge on any atom is 0.328 e. The third kappa shape index (κ3) is 3.85. The number of hydrogen-bond donors (Lipinski definition) is 2. The fourth-order valence-corrected chi connectivity index (χ4v) is 4.27. The van der Waals surface area contributed by atoms with E-state index in [9.17, 15) is 9.90 Å². The number of carbonyl (C=O) groups is 1. The average molecular weight is 290 g/mol. The molecule has 2 N–H and O–H groups in total. The highest BCUT2D eigenvalue weighted by Gasteiger charge is 2.44. The SMILES string of the molecule is CC1C=CC2CC(C)(O)CC(C)C2C1/C=C/C=C/C(=O)O. The molecule has 0 aromatic heterocycles. The van der Waals surface area contributed by atoms with Gasteiger partial charge >= 0.3 is 5.97 Å². The Labute approximate surface area is 127 Å². The zero-order chi connectivity index (χ0) is 15.6. The second-order valence-electron chi connectivity index (χ2n) is 7.03. The number of fused-ring (bicyclic) bond motifs is 1. The van der Waals surface area contributed by atoms with E-state index in [0.29, 0.717) is 29.6 Å². The first kappa shape index (κ1) is 16.0. The van der Waals surface area contributed by atoms with Crippen LogP contribution in [0.15, 0.2) is 36.5 Å². The Hall–Kier alpha value is -1.35. The van der Waals surface area contributed by atoms with Crippen LogP contribution in [0.5, 0.6) is 0 Å². The summed E-state index contributed by atoms with van der Waals surface area (Å²) in [5, 5.41) is 19.0. The van der Waals surface area contributed by atoms with Crippen LogP contribution in [0.4, 0.5) is 0 Å². The quantitative estimate of drug-likeness (QED) is 0.476. The van der Waals surface area contributed by atoms with Crippen LogP contribution < -0.4 is 0 Å². The van der Waals surface area contributed by atoms with E-state index in [1.54, 1.807) is 6.08 Å². The molecular formula is C18H26O3. The molecule has 0 heterocycles. The van der Waals surface area contributed by atoms with Gasteiger partial charge in [0.2, 0.25) is 0 Å². The molecule has 6 unspecified atom stereocenters. The van der Waals surface area contributed by atoms with E-state index >= 15 is 0 Å². The summed E-state index contributed by atoms with van der Waals surface area (Å²) in [6.07, 6.45) is 12.9. The van der Waals surface area contributed by atoms with Gasteiger partial charge in [0.1, 0.15) is 0 Å². The highest BCUT2D eigenvalue weighted by Crippen LogP contribution is 2.49. The van der Waals surface area contributed by atoms with Gasteiger partial charge in [-0.3, -0.25) is 0 Å². The van der Waals surface area contributed by atoms with Crippen molar-refractivity contribution in [2.24, 2.45) is 29.6 Å². The molecule has 0 radical (unpaired) electrons. The van der Waals surface area contributed by atoms with E-state index < -0.39 is 11.6 Å². The summed E-state index contributed by atoms with van der Waals surface area (Å²) in [5.41, 5.74) is -0.566. The number of hydrogen-bond acceptors (Lipinski definition) is 2. The van der Waals surface area contributed by atoms with Crippen LogP contribution in [0, 0.1) is 29.6 Å². The van der Waals surface area contributed by atoms with Gasteiger partial charge in [-0.25, -0.2) is 4.79 Å². The van der Waals surface area contributed by atoms with Gasteiger partial charge in [-0.2, -0.15) is 0 Å². The number of rotatable bonds is 3. The second-order valence-corrected chi connectivity index (χ2v) is 7.03. The standard InChI is InChI=1S/C18H26O3/c1-12-8-9-14-11-18(3,21)10-13(2)17(14)15(12)6-4-5-7-16(19)20/h4-9,12-15,17,21H,10-11H2,1-3H3,(H,19,20)/b6-4+,7-5+. The predicted octanol–water partition coefficient (Wildman–Crippen LogP) is 3.42. The molecule has 2 aliphatic rings. The van der Waals surface area contributed by atoms with E-state index in [1.165, 1.54) is 0 Å². The van der Waals surface area contributed by atoms with Crippen LogP contribution in [0.2, 0.25) is 0 Å². The summed E-state index contributed by atoms with van der Waals surface area (Å²) in [6, 6.07) is 0. The Balaban J connectivity index is 2.17. The minimum absolute atomic E-state index is 0.407. The Morgan fingerprint density at radius 1 is 1.24 bits per heavy atom. The molecule has 0 aromatic rings. The summed E-state index contributed by atoms with van der Waals surface area (Å²) in [7, 11) is 0. The summed E-state index contributed by atoms with van der Waals surface area (Å²) in [6.45, 7) is 6.37. The summed E-state index contributed by atoms with van der Waals surface area (Å²) in [4.78, 5) is 10.5. The molecule has 3 nitrogen and oxygen atoms in total. The first-order valence-electron chi connectivity index (χ1n) is 7.78. The summed E-state index contributed by atoms with van der Waals surface area (Å²) >= 11 is 0. The lowest BCUT2D eigenvalue weighted by molar-refractivity contribution is -0.131. The van der Waals surface area contributed by atoms with Gasteiger partial charge < -0.3 is 10.2 Å². The first-order chi connectivity index (χ1) is 9.80. The van der Waals surface area contributed by atoms with Crippen LogP contribution in [0.1, 0.15) is 33.6 Å². The third-order valence-electron chi connectivity index (χ3n) is 4.99. The van der Waals surface area contributed by atoms with E-state index in [0.717, 1.165) is 18.9 Å². The van der Waals surface area contributed by atoms with E-state index in [4.69, 9.17) is 5.11 Å². The number of allylic oxidation sites excluding steroid dienone is 5. The molecule has 1 saturated carbocycles. The normalized spacial score (nSPS) is 43.3. The smallest absolute Gasteiger partial charge is 0.328 e. The molecule has 0 bridgehead atoms. The highest BCUT2D eigenvalue weighted by molar-refractivity contribution is 5.80.